The van der Waals surface area contributed by atoms with Crippen LogP contribution in [0.15, 0.2) is 87.5 Å². The molecular weight excluding hydrogens is 530 g/mol. The van der Waals surface area contributed by atoms with E-state index in [4.69, 9.17) is 9.47 Å². The number of rotatable bonds is 9. The molecule has 8 nitrogen and oxygen atoms in total. The molecule has 35 heavy (non-hydrogen) atoms. The van der Waals surface area contributed by atoms with Crippen LogP contribution in [0, 0.1) is 0 Å². The number of ether oxygens (including phenoxy) is 2. The molecule has 0 saturated carbocycles. The summed E-state index contributed by atoms with van der Waals surface area (Å²) < 4.78 is 13.6. The van der Waals surface area contributed by atoms with Crippen LogP contribution in [0.1, 0.15) is 5.56 Å². The number of carbonyl (C=O) groups is 1. The molecule has 0 saturated heterocycles. The van der Waals surface area contributed by atoms with Gasteiger partial charge in [-0.1, -0.05) is 64.1 Å². The molecule has 178 valence electrons. The Bertz CT molecular complexity index is 1340. The van der Waals surface area contributed by atoms with Crippen molar-refractivity contribution >= 4 is 39.8 Å². The van der Waals surface area contributed by atoms with Crippen LogP contribution >= 0.6 is 27.7 Å². The van der Waals surface area contributed by atoms with Crippen LogP contribution in [0.4, 0.5) is 0 Å². The number of aromatic nitrogens is 3. The number of hydrazone groups is 1. The van der Waals surface area contributed by atoms with Crippen molar-refractivity contribution in [2.75, 3.05) is 20.0 Å². The first-order chi connectivity index (χ1) is 17.1. The Morgan fingerprint density at radius 1 is 1.03 bits per heavy atom. The van der Waals surface area contributed by atoms with Gasteiger partial charge in [-0.15, -0.1) is 10.2 Å². The predicted molar refractivity (Wildman–Crippen MR) is 141 cm³/mol. The van der Waals surface area contributed by atoms with Crippen molar-refractivity contribution in [3.8, 4) is 28.6 Å². The molecule has 0 aliphatic carbocycles. The fourth-order valence-corrected chi connectivity index (χ4v) is 4.38. The van der Waals surface area contributed by atoms with Gasteiger partial charge in [-0.05, 0) is 36.4 Å². The lowest BCUT2D eigenvalue weighted by Crippen LogP contribution is -2.20. The average molecular weight is 552 g/mol. The molecule has 0 unspecified atom stereocenters. The Kier molecular flexibility index (Phi) is 8.17. The van der Waals surface area contributed by atoms with Crippen molar-refractivity contribution in [2.24, 2.45) is 5.10 Å². The number of hydrogen-bond donors (Lipinski definition) is 1. The van der Waals surface area contributed by atoms with Crippen LogP contribution in [-0.4, -0.2) is 46.9 Å². The molecule has 1 N–H and O–H groups in total. The molecule has 10 heteroatoms. The van der Waals surface area contributed by atoms with E-state index in [1.54, 1.807) is 20.4 Å². The molecular formula is C25H22BrN5O3S. The van der Waals surface area contributed by atoms with Gasteiger partial charge in [-0.3, -0.25) is 9.36 Å². The third-order valence-corrected chi connectivity index (χ3v) is 6.57. The summed E-state index contributed by atoms with van der Waals surface area (Å²) in [4.78, 5) is 12.4. The van der Waals surface area contributed by atoms with E-state index in [0.29, 0.717) is 22.5 Å². The number of hydrogen-bond acceptors (Lipinski definition) is 7. The highest BCUT2D eigenvalue weighted by Crippen LogP contribution is 2.34. The van der Waals surface area contributed by atoms with Gasteiger partial charge in [0.2, 0.25) is 0 Å². The summed E-state index contributed by atoms with van der Waals surface area (Å²) in [5.41, 5.74) is 5.09. The smallest absolute Gasteiger partial charge is 0.250 e. The van der Waals surface area contributed by atoms with Gasteiger partial charge in [0.25, 0.3) is 5.91 Å². The summed E-state index contributed by atoms with van der Waals surface area (Å²) in [6.07, 6.45) is 1.59. The number of nitrogens with one attached hydrogen (secondary N) is 1. The number of benzene rings is 3. The third-order valence-electron chi connectivity index (χ3n) is 4.92. The SMILES string of the molecule is COc1ccc(-c2nnc(SCC(=O)N/N=C/c3ccccc3Br)n2-c2ccccc2)cc1OC. The van der Waals surface area contributed by atoms with Crippen molar-refractivity contribution in [2.45, 2.75) is 5.16 Å². The first-order valence-electron chi connectivity index (χ1n) is 10.5. The van der Waals surface area contributed by atoms with Crippen molar-refractivity contribution in [3.05, 3.63) is 82.8 Å². The van der Waals surface area contributed by atoms with Crippen LogP contribution in [-0.2, 0) is 4.79 Å². The van der Waals surface area contributed by atoms with Gasteiger partial charge in [0, 0.05) is 21.3 Å². The average Bonchev–Trinajstić information content (AvgIpc) is 3.32. The number of thioether (sulfide) groups is 1. The molecule has 0 spiro atoms. The van der Waals surface area contributed by atoms with Crippen LogP contribution in [0.3, 0.4) is 0 Å². The maximum absolute atomic E-state index is 12.4. The second kappa shape index (κ2) is 11.7. The van der Waals surface area contributed by atoms with Crippen LogP contribution in [0.25, 0.3) is 17.1 Å². The maximum atomic E-state index is 12.4. The second-order valence-electron chi connectivity index (χ2n) is 7.15. The normalized spacial score (nSPS) is 10.9. The fourth-order valence-electron chi connectivity index (χ4n) is 3.25. The van der Waals surface area contributed by atoms with Gasteiger partial charge in [0.15, 0.2) is 22.5 Å². The highest BCUT2D eigenvalue weighted by atomic mass is 79.9. The van der Waals surface area contributed by atoms with E-state index in [0.717, 1.165) is 21.3 Å². The first-order valence-corrected chi connectivity index (χ1v) is 12.3. The summed E-state index contributed by atoms with van der Waals surface area (Å²) >= 11 is 4.72. The van der Waals surface area contributed by atoms with E-state index in [9.17, 15) is 4.79 Å². The number of halogens is 1. The highest BCUT2D eigenvalue weighted by Gasteiger charge is 2.18. The van der Waals surface area contributed by atoms with Crippen molar-refractivity contribution in [3.63, 3.8) is 0 Å². The Labute approximate surface area is 215 Å². The summed E-state index contributed by atoms with van der Waals surface area (Å²) in [6, 6.07) is 22.9. The molecule has 0 aliphatic heterocycles. The van der Waals surface area contributed by atoms with E-state index in [1.165, 1.54) is 11.8 Å². The molecule has 1 heterocycles. The fraction of sp³-hybridized carbons (Fsp3) is 0.120. The molecule has 0 radical (unpaired) electrons. The zero-order valence-electron chi connectivity index (χ0n) is 19.0. The number of para-hydroxylation sites is 1. The van der Waals surface area contributed by atoms with Gasteiger partial charge < -0.3 is 9.47 Å². The monoisotopic (exact) mass is 551 g/mol. The Hall–Kier alpha value is -3.63. The number of carbonyl (C=O) groups excluding carboxylic acids is 1. The number of methoxy groups -OCH3 is 2. The maximum Gasteiger partial charge on any atom is 0.250 e. The summed E-state index contributed by atoms with van der Waals surface area (Å²) in [7, 11) is 3.18. The minimum absolute atomic E-state index is 0.115. The topological polar surface area (TPSA) is 90.6 Å². The Balaban J connectivity index is 1.55. The molecule has 1 amide bonds. The lowest BCUT2D eigenvalue weighted by molar-refractivity contribution is -0.118. The van der Waals surface area contributed by atoms with Crippen molar-refractivity contribution < 1.29 is 14.3 Å². The van der Waals surface area contributed by atoms with Crippen molar-refractivity contribution in [1.82, 2.24) is 20.2 Å². The molecule has 4 rings (SSSR count). The summed E-state index contributed by atoms with van der Waals surface area (Å²) in [5.74, 6) is 1.69. The van der Waals surface area contributed by atoms with Gasteiger partial charge >= 0.3 is 0 Å². The van der Waals surface area contributed by atoms with Crippen LogP contribution in [0.2, 0.25) is 0 Å². The Morgan fingerprint density at radius 2 is 1.77 bits per heavy atom. The quantitative estimate of drug-likeness (QED) is 0.180. The zero-order valence-corrected chi connectivity index (χ0v) is 21.4. The van der Waals surface area contributed by atoms with E-state index >= 15 is 0 Å². The van der Waals surface area contributed by atoms with Crippen molar-refractivity contribution in [1.29, 1.82) is 0 Å². The van der Waals surface area contributed by atoms with Crippen LogP contribution in [0.5, 0.6) is 11.5 Å². The molecule has 0 atom stereocenters. The van der Waals surface area contributed by atoms with Gasteiger partial charge in [-0.25, -0.2) is 5.43 Å². The second-order valence-corrected chi connectivity index (χ2v) is 8.95. The van der Waals surface area contributed by atoms with Gasteiger partial charge in [0.05, 0.1) is 26.2 Å². The highest BCUT2D eigenvalue weighted by molar-refractivity contribution is 9.10. The molecule has 0 aliphatic rings. The molecule has 1 aromatic heterocycles. The molecule has 0 bridgehead atoms. The zero-order chi connectivity index (χ0) is 24.6. The van der Waals surface area contributed by atoms with E-state index in [1.807, 2.05) is 77.4 Å². The minimum Gasteiger partial charge on any atom is -0.493 e. The largest absolute Gasteiger partial charge is 0.493 e. The van der Waals surface area contributed by atoms with Crippen LogP contribution < -0.4 is 14.9 Å². The molecule has 3 aromatic carbocycles. The minimum atomic E-state index is -0.256. The number of nitrogens with zero attached hydrogens (tertiary/aromatic N) is 4. The summed E-state index contributed by atoms with van der Waals surface area (Å²) in [5, 5.41) is 13.4. The Morgan fingerprint density at radius 3 is 2.51 bits per heavy atom. The third kappa shape index (κ3) is 5.90. The first kappa shape index (κ1) is 24.5. The summed E-state index contributed by atoms with van der Waals surface area (Å²) in [6.45, 7) is 0. The van der Waals surface area contributed by atoms with Gasteiger partial charge in [-0.2, -0.15) is 5.10 Å². The molecule has 4 aromatic rings. The predicted octanol–water partition coefficient (Wildman–Crippen LogP) is 4.96. The lowest BCUT2D eigenvalue weighted by Gasteiger charge is -2.12. The standard InChI is InChI=1S/C25H22BrN5O3S/c1-33-21-13-12-17(14-22(21)34-2)24-29-30-25(31(24)19-9-4-3-5-10-19)35-16-23(32)28-27-15-18-8-6-7-11-20(18)26/h3-15H,16H2,1-2H3,(H,28,32)/b27-15+. The van der Waals surface area contributed by atoms with E-state index in [-0.39, 0.29) is 11.7 Å². The molecule has 0 fully saturated rings. The number of amides is 1. The van der Waals surface area contributed by atoms with E-state index < -0.39 is 0 Å². The lowest BCUT2D eigenvalue weighted by atomic mass is 10.2. The van der Waals surface area contributed by atoms with Gasteiger partial charge in [0.1, 0.15) is 0 Å². The van der Waals surface area contributed by atoms with E-state index in [2.05, 4.69) is 36.7 Å².